The number of carbonyl (C=O) groups excluding carboxylic acids is 1. The van der Waals surface area contributed by atoms with Crippen molar-refractivity contribution in [2.75, 3.05) is 41.8 Å². The van der Waals surface area contributed by atoms with E-state index in [2.05, 4.69) is 20.6 Å². The molecular weight excluding hydrogens is 430 g/mol. The minimum absolute atomic E-state index is 0.136. The van der Waals surface area contributed by atoms with Gasteiger partial charge in [0, 0.05) is 49.3 Å². The Labute approximate surface area is 190 Å². The predicted molar refractivity (Wildman–Crippen MR) is 122 cm³/mol. The van der Waals surface area contributed by atoms with Gasteiger partial charge in [0.15, 0.2) is 0 Å². The monoisotopic (exact) mass is 457 g/mol. The number of nitrogens with two attached hydrogens (primary N) is 2. The molecule has 1 aromatic heterocycles. The third-order valence-electron chi connectivity index (χ3n) is 5.55. The molecular formula is C21H27N7O5. The number of fused-ring (bicyclic) bond motifs is 1. The summed E-state index contributed by atoms with van der Waals surface area (Å²) in [5.41, 5.74) is 13.7. The van der Waals surface area contributed by atoms with E-state index in [1.165, 1.54) is 0 Å². The zero-order valence-corrected chi connectivity index (χ0v) is 18.1. The van der Waals surface area contributed by atoms with Crippen molar-refractivity contribution in [2.45, 2.75) is 31.2 Å². The van der Waals surface area contributed by atoms with E-state index in [1.807, 2.05) is 11.9 Å². The van der Waals surface area contributed by atoms with Crippen LogP contribution in [0.4, 0.5) is 23.3 Å². The molecule has 1 aliphatic rings. The number of aliphatic carboxylic acids is 2. The van der Waals surface area contributed by atoms with Crippen LogP contribution in [0.2, 0.25) is 0 Å². The lowest BCUT2D eigenvalue weighted by molar-refractivity contribution is -0.140. The number of hydrogen-bond acceptors (Lipinski definition) is 9. The molecule has 8 N–H and O–H groups in total. The number of aromatic nitrogens is 2. The van der Waals surface area contributed by atoms with Crippen LogP contribution in [-0.4, -0.2) is 64.2 Å². The van der Waals surface area contributed by atoms with E-state index in [-0.39, 0.29) is 30.3 Å². The van der Waals surface area contributed by atoms with Gasteiger partial charge in [-0.1, -0.05) is 0 Å². The van der Waals surface area contributed by atoms with Gasteiger partial charge >= 0.3 is 11.9 Å². The van der Waals surface area contributed by atoms with Crippen molar-refractivity contribution in [3.05, 3.63) is 35.4 Å². The van der Waals surface area contributed by atoms with Crippen LogP contribution in [0, 0.1) is 0 Å². The highest BCUT2D eigenvalue weighted by Crippen LogP contribution is 2.36. The Kier molecular flexibility index (Phi) is 7.16. The van der Waals surface area contributed by atoms with Crippen molar-refractivity contribution in [3.8, 4) is 0 Å². The summed E-state index contributed by atoms with van der Waals surface area (Å²) < 4.78 is 0. The third kappa shape index (κ3) is 5.79. The number of nitrogens with zero attached hydrogens (tertiary/aromatic N) is 3. The fourth-order valence-electron chi connectivity index (χ4n) is 3.72. The number of carboxylic acids is 2. The molecule has 1 unspecified atom stereocenters. The molecule has 3 rings (SSSR count). The minimum atomic E-state index is -1.28. The lowest BCUT2D eigenvalue weighted by atomic mass is 9.99. The average molecular weight is 457 g/mol. The standard InChI is InChI=1S/C21H27N7O5/c1-28(9-8-12-10-24-18-16(12)17(22)26-21(23)27-18)13-4-2-11(3-5-13)19(31)25-14(20(32)33)6-7-15(29)30/h2-5,12,14H,6-10H2,1H3,(H,25,31)(H,29,30)(H,32,33)(H5,22,23,24,26,27)/t12?,14-/m0/s1. The highest BCUT2D eigenvalue weighted by Gasteiger charge is 2.27. The molecule has 1 amide bonds. The van der Waals surface area contributed by atoms with Gasteiger partial charge in [-0.15, -0.1) is 0 Å². The van der Waals surface area contributed by atoms with Gasteiger partial charge in [0.25, 0.3) is 5.91 Å². The van der Waals surface area contributed by atoms with Gasteiger partial charge < -0.3 is 37.2 Å². The Bertz CT molecular complexity index is 1040. The molecule has 33 heavy (non-hydrogen) atoms. The fraction of sp³-hybridized carbons (Fsp3) is 0.381. The van der Waals surface area contributed by atoms with Crippen molar-refractivity contribution < 1.29 is 24.6 Å². The molecule has 0 saturated carbocycles. The molecule has 12 nitrogen and oxygen atoms in total. The first kappa shape index (κ1) is 23.6. The molecule has 2 atom stereocenters. The summed E-state index contributed by atoms with van der Waals surface area (Å²) in [5, 5.41) is 23.5. The van der Waals surface area contributed by atoms with Gasteiger partial charge in [-0.2, -0.15) is 9.97 Å². The highest BCUT2D eigenvalue weighted by molar-refractivity contribution is 5.97. The van der Waals surface area contributed by atoms with Gasteiger partial charge in [-0.05, 0) is 37.1 Å². The number of amides is 1. The van der Waals surface area contributed by atoms with Crippen molar-refractivity contribution in [1.29, 1.82) is 0 Å². The summed E-state index contributed by atoms with van der Waals surface area (Å²) in [5.74, 6) is -1.65. The van der Waals surface area contributed by atoms with E-state index in [4.69, 9.17) is 16.6 Å². The number of benzene rings is 1. The van der Waals surface area contributed by atoms with Crippen LogP contribution >= 0.6 is 0 Å². The topological polar surface area (TPSA) is 197 Å². The largest absolute Gasteiger partial charge is 0.481 e. The summed E-state index contributed by atoms with van der Waals surface area (Å²) in [6.45, 7) is 1.40. The quantitative estimate of drug-likeness (QED) is 0.294. The maximum absolute atomic E-state index is 12.4. The molecule has 2 aromatic rings. The first-order valence-corrected chi connectivity index (χ1v) is 10.4. The summed E-state index contributed by atoms with van der Waals surface area (Å²) in [7, 11) is 1.92. The van der Waals surface area contributed by atoms with Crippen molar-refractivity contribution in [1.82, 2.24) is 15.3 Å². The molecule has 0 fully saturated rings. The Morgan fingerprint density at radius 2 is 1.91 bits per heavy atom. The summed E-state index contributed by atoms with van der Waals surface area (Å²) in [4.78, 5) is 44.6. The van der Waals surface area contributed by atoms with Gasteiger partial charge in [0.2, 0.25) is 5.95 Å². The summed E-state index contributed by atoms with van der Waals surface area (Å²) in [6, 6.07) is 5.45. The van der Waals surface area contributed by atoms with Gasteiger partial charge in [0.1, 0.15) is 17.7 Å². The first-order chi connectivity index (χ1) is 15.7. The number of hydrogen-bond donors (Lipinski definition) is 6. The second kappa shape index (κ2) is 10.0. The molecule has 1 aromatic carbocycles. The summed E-state index contributed by atoms with van der Waals surface area (Å²) in [6.07, 6.45) is 0.242. The number of nitrogens with one attached hydrogen (secondary N) is 2. The van der Waals surface area contributed by atoms with Gasteiger partial charge in [-0.3, -0.25) is 9.59 Å². The fourth-order valence-corrected chi connectivity index (χ4v) is 3.72. The lowest BCUT2D eigenvalue weighted by Crippen LogP contribution is -2.41. The Balaban J connectivity index is 1.57. The van der Waals surface area contributed by atoms with Crippen LogP contribution in [0.25, 0.3) is 0 Å². The van der Waals surface area contributed by atoms with Crippen LogP contribution in [0.1, 0.15) is 41.1 Å². The number of carbonyl (C=O) groups is 3. The highest BCUT2D eigenvalue weighted by atomic mass is 16.4. The second-order valence-corrected chi connectivity index (χ2v) is 7.86. The molecule has 1 aliphatic heterocycles. The van der Waals surface area contributed by atoms with Crippen LogP contribution < -0.4 is 27.0 Å². The Morgan fingerprint density at radius 3 is 2.55 bits per heavy atom. The van der Waals surface area contributed by atoms with Crippen molar-refractivity contribution in [2.24, 2.45) is 0 Å². The van der Waals surface area contributed by atoms with E-state index in [0.717, 1.165) is 17.7 Å². The molecule has 12 heteroatoms. The van der Waals surface area contributed by atoms with Gasteiger partial charge in [-0.25, -0.2) is 4.79 Å². The van der Waals surface area contributed by atoms with E-state index in [1.54, 1.807) is 24.3 Å². The number of carboxylic acid groups (broad SMARTS) is 2. The lowest BCUT2D eigenvalue weighted by Gasteiger charge is -2.22. The maximum atomic E-state index is 12.4. The summed E-state index contributed by atoms with van der Waals surface area (Å²) >= 11 is 0. The normalized spacial score (nSPS) is 15.2. The second-order valence-electron chi connectivity index (χ2n) is 7.86. The smallest absolute Gasteiger partial charge is 0.326 e. The molecule has 0 radical (unpaired) electrons. The minimum Gasteiger partial charge on any atom is -0.481 e. The van der Waals surface area contributed by atoms with E-state index in [0.29, 0.717) is 24.7 Å². The molecule has 0 saturated heterocycles. The SMILES string of the molecule is CN(CCC1CNc2nc(N)nc(N)c21)c1ccc(C(=O)N[C@@H](CCC(=O)O)C(=O)O)cc1. The Hall–Kier alpha value is -4.09. The number of nitrogen functional groups attached to an aromatic ring is 2. The van der Waals surface area contributed by atoms with Crippen molar-refractivity contribution >= 4 is 41.1 Å². The number of rotatable bonds is 10. The molecule has 0 aliphatic carbocycles. The predicted octanol–water partition coefficient (Wildman–Crippen LogP) is 0.724. The van der Waals surface area contributed by atoms with Gasteiger partial charge in [0.05, 0.1) is 0 Å². The third-order valence-corrected chi connectivity index (χ3v) is 5.55. The molecule has 0 bridgehead atoms. The average Bonchev–Trinajstić information content (AvgIpc) is 3.17. The van der Waals surface area contributed by atoms with Crippen LogP contribution in [0.5, 0.6) is 0 Å². The first-order valence-electron chi connectivity index (χ1n) is 10.4. The molecule has 176 valence electrons. The van der Waals surface area contributed by atoms with E-state index < -0.39 is 23.9 Å². The zero-order chi connectivity index (χ0) is 24.1. The van der Waals surface area contributed by atoms with Crippen LogP contribution in [0.15, 0.2) is 24.3 Å². The number of anilines is 4. The van der Waals surface area contributed by atoms with E-state index >= 15 is 0 Å². The molecule has 0 spiro atoms. The van der Waals surface area contributed by atoms with Crippen LogP contribution in [-0.2, 0) is 9.59 Å². The Morgan fingerprint density at radius 1 is 1.21 bits per heavy atom. The molecule has 2 heterocycles. The van der Waals surface area contributed by atoms with Crippen molar-refractivity contribution in [3.63, 3.8) is 0 Å². The maximum Gasteiger partial charge on any atom is 0.326 e. The van der Waals surface area contributed by atoms with E-state index in [9.17, 15) is 19.5 Å². The zero-order valence-electron chi connectivity index (χ0n) is 18.1. The van der Waals surface area contributed by atoms with Crippen LogP contribution in [0.3, 0.4) is 0 Å².